The molecule has 134 valence electrons. The zero-order valence-electron chi connectivity index (χ0n) is 14.6. The summed E-state index contributed by atoms with van der Waals surface area (Å²) >= 11 is 0. The lowest BCUT2D eigenvalue weighted by molar-refractivity contribution is 0.276. The van der Waals surface area contributed by atoms with Crippen LogP contribution in [0.5, 0.6) is 0 Å². The zero-order chi connectivity index (χ0) is 18.1. The number of rotatable bonds is 5. The predicted octanol–water partition coefficient (Wildman–Crippen LogP) is 3.29. The van der Waals surface area contributed by atoms with Gasteiger partial charge in [-0.3, -0.25) is 9.89 Å². The monoisotopic (exact) mass is 351 g/mol. The van der Waals surface area contributed by atoms with Gasteiger partial charge in [-0.25, -0.2) is 5.06 Å². The standard InChI is InChI=1S/C18H21N7O/c1-24(26)18-16(14-7-9-20-17(14)22-23-18)13-10-21-25(11-13)15(6-8-19)12-4-2-3-5-12/h7,9-12,15,26H,2-6H2,1H3,(H,20,22). The maximum atomic E-state index is 9.99. The van der Waals surface area contributed by atoms with E-state index >= 15 is 0 Å². The first-order valence-corrected chi connectivity index (χ1v) is 8.87. The second-order valence-electron chi connectivity index (χ2n) is 6.85. The van der Waals surface area contributed by atoms with Crippen molar-refractivity contribution in [2.45, 2.75) is 38.1 Å². The summed E-state index contributed by atoms with van der Waals surface area (Å²) in [4.78, 5) is 3.05. The first kappa shape index (κ1) is 16.5. The van der Waals surface area contributed by atoms with Gasteiger partial charge in [0.1, 0.15) is 0 Å². The molecule has 0 bridgehead atoms. The minimum atomic E-state index is 0.0862. The van der Waals surface area contributed by atoms with Crippen molar-refractivity contribution < 1.29 is 5.21 Å². The molecule has 3 aromatic rings. The zero-order valence-corrected chi connectivity index (χ0v) is 14.6. The number of fused-ring (bicyclic) bond motifs is 1. The summed E-state index contributed by atoms with van der Waals surface area (Å²) in [5.74, 6) is 0.861. The van der Waals surface area contributed by atoms with Crippen LogP contribution < -0.4 is 5.06 Å². The second-order valence-corrected chi connectivity index (χ2v) is 6.85. The first-order chi connectivity index (χ1) is 12.7. The molecular weight excluding hydrogens is 330 g/mol. The summed E-state index contributed by atoms with van der Waals surface area (Å²) in [6, 6.07) is 4.31. The van der Waals surface area contributed by atoms with Crippen molar-refractivity contribution in [1.82, 2.24) is 25.0 Å². The number of nitrogens with one attached hydrogen (secondary N) is 1. The summed E-state index contributed by atoms with van der Waals surface area (Å²) in [7, 11) is 1.52. The average molecular weight is 351 g/mol. The van der Waals surface area contributed by atoms with Crippen LogP contribution in [-0.4, -0.2) is 37.2 Å². The minimum absolute atomic E-state index is 0.0862. The minimum Gasteiger partial charge on any atom is -0.345 e. The van der Waals surface area contributed by atoms with Gasteiger partial charge in [0.05, 0.1) is 24.7 Å². The molecule has 0 radical (unpaired) electrons. The van der Waals surface area contributed by atoms with Gasteiger partial charge in [0.25, 0.3) is 0 Å². The maximum absolute atomic E-state index is 9.99. The molecule has 0 saturated heterocycles. The predicted molar refractivity (Wildman–Crippen MR) is 96.5 cm³/mol. The molecule has 1 saturated carbocycles. The van der Waals surface area contributed by atoms with Gasteiger partial charge in [-0.2, -0.15) is 10.4 Å². The molecule has 1 unspecified atom stereocenters. The van der Waals surface area contributed by atoms with Crippen LogP contribution in [0.1, 0.15) is 38.1 Å². The number of H-pyrrole nitrogens is 1. The van der Waals surface area contributed by atoms with E-state index in [2.05, 4.69) is 26.3 Å². The smallest absolute Gasteiger partial charge is 0.183 e. The van der Waals surface area contributed by atoms with Crippen LogP contribution in [0.2, 0.25) is 0 Å². The van der Waals surface area contributed by atoms with Crippen molar-refractivity contribution in [2.24, 2.45) is 5.92 Å². The largest absolute Gasteiger partial charge is 0.345 e. The molecule has 3 heterocycles. The Bertz CT molecular complexity index is 946. The Morgan fingerprint density at radius 1 is 1.42 bits per heavy atom. The molecule has 26 heavy (non-hydrogen) atoms. The Morgan fingerprint density at radius 3 is 2.96 bits per heavy atom. The highest BCUT2D eigenvalue weighted by Crippen LogP contribution is 2.38. The number of anilines is 1. The van der Waals surface area contributed by atoms with Crippen LogP contribution in [0.4, 0.5) is 5.82 Å². The van der Waals surface area contributed by atoms with E-state index in [0.29, 0.717) is 23.8 Å². The summed E-state index contributed by atoms with van der Waals surface area (Å²) in [6.45, 7) is 0. The normalized spacial score (nSPS) is 16.0. The van der Waals surface area contributed by atoms with Crippen molar-refractivity contribution in [3.8, 4) is 17.2 Å². The van der Waals surface area contributed by atoms with E-state index in [1.165, 1.54) is 19.9 Å². The highest BCUT2D eigenvalue weighted by molar-refractivity contribution is 5.97. The Hall–Kier alpha value is -2.92. The third-order valence-electron chi connectivity index (χ3n) is 5.24. The number of hydrogen-bond donors (Lipinski definition) is 2. The van der Waals surface area contributed by atoms with Gasteiger partial charge < -0.3 is 4.98 Å². The van der Waals surface area contributed by atoms with E-state index in [1.54, 1.807) is 12.4 Å². The van der Waals surface area contributed by atoms with E-state index in [0.717, 1.165) is 34.4 Å². The number of aromatic nitrogens is 5. The summed E-state index contributed by atoms with van der Waals surface area (Å²) in [5.41, 5.74) is 2.28. The van der Waals surface area contributed by atoms with Crippen LogP contribution in [0.3, 0.4) is 0 Å². The number of nitriles is 1. The van der Waals surface area contributed by atoms with E-state index in [4.69, 9.17) is 0 Å². The van der Waals surface area contributed by atoms with Crippen molar-refractivity contribution >= 4 is 16.9 Å². The lowest BCUT2D eigenvalue weighted by atomic mass is 9.96. The molecule has 1 fully saturated rings. The van der Waals surface area contributed by atoms with Crippen molar-refractivity contribution in [1.29, 1.82) is 5.26 Å². The molecule has 1 aliphatic rings. The molecule has 0 aliphatic heterocycles. The van der Waals surface area contributed by atoms with Crippen molar-refractivity contribution in [3.63, 3.8) is 0 Å². The van der Waals surface area contributed by atoms with Gasteiger partial charge in [0, 0.05) is 36.0 Å². The van der Waals surface area contributed by atoms with Crippen molar-refractivity contribution in [3.05, 3.63) is 24.7 Å². The van der Waals surface area contributed by atoms with Gasteiger partial charge in [-0.05, 0) is 24.8 Å². The lowest BCUT2D eigenvalue weighted by Gasteiger charge is -2.21. The first-order valence-electron chi connectivity index (χ1n) is 8.87. The fourth-order valence-corrected chi connectivity index (χ4v) is 3.98. The van der Waals surface area contributed by atoms with E-state index < -0.39 is 0 Å². The van der Waals surface area contributed by atoms with E-state index in [1.807, 2.05) is 16.9 Å². The van der Waals surface area contributed by atoms with Gasteiger partial charge in [0.15, 0.2) is 11.5 Å². The molecule has 0 spiro atoms. The molecule has 1 aliphatic carbocycles. The van der Waals surface area contributed by atoms with Gasteiger partial charge >= 0.3 is 0 Å². The molecule has 4 rings (SSSR count). The third kappa shape index (κ3) is 2.80. The Kier molecular flexibility index (Phi) is 4.31. The molecule has 0 aromatic carbocycles. The highest BCUT2D eigenvalue weighted by atomic mass is 16.5. The van der Waals surface area contributed by atoms with Crippen LogP contribution in [0.15, 0.2) is 24.7 Å². The summed E-state index contributed by atoms with van der Waals surface area (Å²) in [6.07, 6.45) is 10.7. The molecule has 3 aromatic heterocycles. The van der Waals surface area contributed by atoms with Crippen LogP contribution in [0, 0.1) is 17.2 Å². The third-order valence-corrected chi connectivity index (χ3v) is 5.24. The Balaban J connectivity index is 1.78. The van der Waals surface area contributed by atoms with Gasteiger partial charge in [-0.1, -0.05) is 12.8 Å². The molecule has 1 atom stereocenters. The molecule has 8 nitrogen and oxygen atoms in total. The van der Waals surface area contributed by atoms with Gasteiger partial charge in [-0.15, -0.1) is 10.2 Å². The van der Waals surface area contributed by atoms with Gasteiger partial charge in [0.2, 0.25) is 0 Å². The summed E-state index contributed by atoms with van der Waals surface area (Å²) in [5, 5.41) is 33.9. The highest BCUT2D eigenvalue weighted by Gasteiger charge is 2.27. The van der Waals surface area contributed by atoms with E-state index in [9.17, 15) is 10.5 Å². The molecule has 0 amide bonds. The quantitative estimate of drug-likeness (QED) is 0.683. The Morgan fingerprint density at radius 2 is 2.23 bits per heavy atom. The van der Waals surface area contributed by atoms with Crippen molar-refractivity contribution in [2.75, 3.05) is 12.1 Å². The Labute approximate surface area is 151 Å². The number of aromatic amines is 1. The molecular formula is C18H21N7O. The van der Waals surface area contributed by atoms with Crippen LogP contribution >= 0.6 is 0 Å². The average Bonchev–Trinajstić information content (AvgIpc) is 3.39. The second kappa shape index (κ2) is 6.77. The molecule has 8 heteroatoms. The number of hydrogen-bond acceptors (Lipinski definition) is 6. The SMILES string of the molecule is CN(O)c1nnc2[nH]ccc2c1-c1cnn(C(CC#N)C2CCCC2)c1. The fraction of sp³-hybridized carbons (Fsp3) is 0.444. The lowest BCUT2D eigenvalue weighted by Crippen LogP contribution is -2.17. The summed E-state index contributed by atoms with van der Waals surface area (Å²) < 4.78 is 1.91. The maximum Gasteiger partial charge on any atom is 0.183 e. The van der Waals surface area contributed by atoms with E-state index in [-0.39, 0.29) is 6.04 Å². The number of nitrogens with zero attached hydrogens (tertiary/aromatic N) is 6. The molecule has 2 N–H and O–H groups in total. The number of hydroxylamine groups is 1. The van der Waals surface area contributed by atoms with Crippen LogP contribution in [-0.2, 0) is 0 Å². The fourth-order valence-electron chi connectivity index (χ4n) is 3.98. The van der Waals surface area contributed by atoms with Crippen LogP contribution in [0.25, 0.3) is 22.2 Å². The topological polar surface area (TPSA) is 107 Å².